The van der Waals surface area contributed by atoms with Crippen LogP contribution in [0.15, 0.2) is 53.4 Å². The molecule has 1 unspecified atom stereocenters. The number of nitrogens with one attached hydrogen (secondary N) is 2. The van der Waals surface area contributed by atoms with Gasteiger partial charge in [-0.1, -0.05) is 23.8 Å². The predicted octanol–water partition coefficient (Wildman–Crippen LogP) is 5.19. The van der Waals surface area contributed by atoms with Gasteiger partial charge >= 0.3 is 6.18 Å². The molecule has 0 saturated carbocycles. The summed E-state index contributed by atoms with van der Waals surface area (Å²) in [6.07, 6.45) is -3.61. The summed E-state index contributed by atoms with van der Waals surface area (Å²) < 4.78 is 65.4. The van der Waals surface area contributed by atoms with E-state index in [1.165, 1.54) is 30.5 Å². The topological polar surface area (TPSA) is 105 Å². The van der Waals surface area contributed by atoms with Crippen molar-refractivity contribution in [2.24, 2.45) is 0 Å². The third-order valence-electron chi connectivity index (χ3n) is 4.46. The minimum Gasteiger partial charge on any atom is -0.437 e. The Kier molecular flexibility index (Phi) is 6.22. The van der Waals surface area contributed by atoms with Crippen molar-refractivity contribution >= 4 is 21.3 Å². The molecule has 0 radical (unpaired) electrons. The summed E-state index contributed by atoms with van der Waals surface area (Å²) in [5, 5.41) is 9.19. The van der Waals surface area contributed by atoms with E-state index in [2.05, 4.69) is 15.5 Å². The second kappa shape index (κ2) is 8.58. The molecule has 0 aliphatic rings. The van der Waals surface area contributed by atoms with Gasteiger partial charge in [0.05, 0.1) is 9.73 Å². The van der Waals surface area contributed by atoms with Gasteiger partial charge in [-0.3, -0.25) is 4.79 Å². The molecule has 3 aromatic rings. The number of rotatable bonds is 5. The SMILES string of the molecule is Cc1ccc(Oc2nnc(C(F)(F)F)c(C)c2C(=O)Nc2cccc(S(C)(=N)=O)c2)cc1. The lowest BCUT2D eigenvalue weighted by Gasteiger charge is -2.16. The zero-order chi connectivity index (χ0) is 23.7. The molecule has 0 spiro atoms. The number of carbonyl (C=O) groups is 1. The number of amides is 1. The molecule has 11 heteroatoms. The Morgan fingerprint density at radius 2 is 1.75 bits per heavy atom. The van der Waals surface area contributed by atoms with E-state index >= 15 is 0 Å². The first-order valence-corrected chi connectivity index (χ1v) is 11.2. The molecule has 1 heterocycles. The third kappa shape index (κ3) is 5.22. The fourth-order valence-corrected chi connectivity index (χ4v) is 3.53. The molecule has 32 heavy (non-hydrogen) atoms. The zero-order valence-corrected chi connectivity index (χ0v) is 18.1. The smallest absolute Gasteiger partial charge is 0.435 e. The molecule has 0 aliphatic carbocycles. The van der Waals surface area contributed by atoms with Gasteiger partial charge in [0.25, 0.3) is 11.8 Å². The van der Waals surface area contributed by atoms with Crippen LogP contribution in [-0.2, 0) is 15.9 Å². The lowest BCUT2D eigenvalue weighted by molar-refractivity contribution is -0.142. The summed E-state index contributed by atoms with van der Waals surface area (Å²) >= 11 is 0. The quantitative estimate of drug-likeness (QED) is 0.541. The Bertz CT molecular complexity index is 1270. The monoisotopic (exact) mass is 464 g/mol. The van der Waals surface area contributed by atoms with E-state index in [0.717, 1.165) is 12.5 Å². The Morgan fingerprint density at radius 1 is 1.09 bits per heavy atom. The normalized spacial score (nSPS) is 13.3. The largest absolute Gasteiger partial charge is 0.437 e. The number of benzene rings is 2. The molecule has 0 bridgehead atoms. The molecule has 3 rings (SSSR count). The van der Waals surface area contributed by atoms with E-state index in [0.29, 0.717) is 0 Å². The molecule has 7 nitrogen and oxygen atoms in total. The molecular weight excluding hydrogens is 445 g/mol. The molecular formula is C21H19F3N4O3S. The molecule has 2 aromatic carbocycles. The molecule has 1 amide bonds. The summed E-state index contributed by atoms with van der Waals surface area (Å²) in [5.41, 5.74) is -1.12. The molecule has 1 aromatic heterocycles. The van der Waals surface area contributed by atoms with Crippen molar-refractivity contribution < 1.29 is 26.9 Å². The first-order valence-electron chi connectivity index (χ1n) is 9.20. The van der Waals surface area contributed by atoms with Crippen molar-refractivity contribution in [3.05, 3.63) is 70.9 Å². The molecule has 0 saturated heterocycles. The Hall–Kier alpha value is -3.47. The summed E-state index contributed by atoms with van der Waals surface area (Å²) in [6, 6.07) is 12.3. The zero-order valence-electron chi connectivity index (χ0n) is 17.3. The second-order valence-corrected chi connectivity index (χ2v) is 9.25. The highest BCUT2D eigenvalue weighted by Crippen LogP contribution is 2.35. The van der Waals surface area contributed by atoms with E-state index in [4.69, 9.17) is 9.52 Å². The van der Waals surface area contributed by atoms with Crippen LogP contribution in [0.2, 0.25) is 0 Å². The molecule has 1 atom stereocenters. The first kappa shape index (κ1) is 23.2. The molecule has 0 aliphatic heterocycles. The standard InChI is InChI=1S/C21H19F3N4O3S/c1-12-7-9-15(10-8-12)31-20-17(13(2)18(27-28-20)21(22,23)24)19(29)26-14-5-4-6-16(11-14)32(3,25)30/h4-11,25H,1-3H3,(H,26,29). The van der Waals surface area contributed by atoms with Crippen LogP contribution in [0, 0.1) is 18.6 Å². The number of nitrogens with zero attached hydrogens (tertiary/aromatic N) is 2. The van der Waals surface area contributed by atoms with Crippen molar-refractivity contribution in [1.82, 2.24) is 10.2 Å². The fourth-order valence-electron chi connectivity index (χ4n) is 2.84. The van der Waals surface area contributed by atoms with E-state index in [1.807, 2.05) is 6.92 Å². The van der Waals surface area contributed by atoms with Crippen LogP contribution >= 0.6 is 0 Å². The van der Waals surface area contributed by atoms with E-state index in [1.54, 1.807) is 24.3 Å². The molecule has 168 valence electrons. The molecule has 2 N–H and O–H groups in total. The highest BCUT2D eigenvalue weighted by Gasteiger charge is 2.38. The van der Waals surface area contributed by atoms with Crippen LogP contribution in [0.5, 0.6) is 11.6 Å². The summed E-state index contributed by atoms with van der Waals surface area (Å²) in [4.78, 5) is 13.2. The van der Waals surface area contributed by atoms with Gasteiger partial charge < -0.3 is 10.1 Å². The number of hydrogen-bond acceptors (Lipinski definition) is 6. The fraction of sp³-hybridized carbons (Fsp3) is 0.190. The van der Waals surface area contributed by atoms with Crippen LogP contribution in [0.4, 0.5) is 18.9 Å². The van der Waals surface area contributed by atoms with Crippen LogP contribution in [0.25, 0.3) is 0 Å². The highest BCUT2D eigenvalue weighted by molar-refractivity contribution is 7.91. The van der Waals surface area contributed by atoms with Crippen molar-refractivity contribution in [1.29, 1.82) is 4.78 Å². The van der Waals surface area contributed by atoms with Gasteiger partial charge in [-0.05, 0) is 49.7 Å². The van der Waals surface area contributed by atoms with Crippen molar-refractivity contribution in [3.8, 4) is 11.6 Å². The maximum Gasteiger partial charge on any atom is 0.435 e. The lowest BCUT2D eigenvalue weighted by atomic mass is 10.1. The van der Waals surface area contributed by atoms with Crippen LogP contribution < -0.4 is 10.1 Å². The van der Waals surface area contributed by atoms with E-state index in [-0.39, 0.29) is 16.3 Å². The number of alkyl halides is 3. The van der Waals surface area contributed by atoms with Gasteiger partial charge in [0.1, 0.15) is 11.3 Å². The number of anilines is 1. The lowest BCUT2D eigenvalue weighted by Crippen LogP contribution is -2.21. The van der Waals surface area contributed by atoms with Crippen molar-refractivity contribution in [2.75, 3.05) is 11.6 Å². The van der Waals surface area contributed by atoms with Crippen LogP contribution in [0.1, 0.15) is 27.2 Å². The Balaban J connectivity index is 2.05. The van der Waals surface area contributed by atoms with Gasteiger partial charge in [0.15, 0.2) is 5.69 Å². The second-order valence-electron chi connectivity index (χ2n) is 7.09. The minimum absolute atomic E-state index is 0.153. The summed E-state index contributed by atoms with van der Waals surface area (Å²) in [5.74, 6) is -1.05. The number of aryl methyl sites for hydroxylation is 1. The van der Waals surface area contributed by atoms with Gasteiger partial charge in [-0.2, -0.15) is 13.2 Å². The first-order chi connectivity index (χ1) is 14.9. The average molecular weight is 464 g/mol. The number of carbonyl (C=O) groups excluding carboxylic acids is 1. The van der Waals surface area contributed by atoms with Gasteiger partial charge in [-0.15, -0.1) is 10.2 Å². The number of ether oxygens (including phenoxy) is 1. The van der Waals surface area contributed by atoms with E-state index < -0.39 is 44.5 Å². The number of halogens is 3. The van der Waals surface area contributed by atoms with Gasteiger partial charge in [-0.25, -0.2) is 8.99 Å². The number of hydrogen-bond donors (Lipinski definition) is 2. The van der Waals surface area contributed by atoms with Crippen LogP contribution in [0.3, 0.4) is 0 Å². The summed E-state index contributed by atoms with van der Waals surface area (Å²) in [6.45, 7) is 2.96. The highest BCUT2D eigenvalue weighted by atomic mass is 32.2. The predicted molar refractivity (Wildman–Crippen MR) is 112 cm³/mol. The number of aromatic nitrogens is 2. The maximum atomic E-state index is 13.4. The molecule has 0 fully saturated rings. The van der Waals surface area contributed by atoms with Crippen molar-refractivity contribution in [3.63, 3.8) is 0 Å². The Morgan fingerprint density at radius 3 is 2.34 bits per heavy atom. The minimum atomic E-state index is -4.83. The maximum absolute atomic E-state index is 13.4. The van der Waals surface area contributed by atoms with Gasteiger partial charge in [0.2, 0.25) is 0 Å². The third-order valence-corrected chi connectivity index (χ3v) is 5.61. The summed E-state index contributed by atoms with van der Waals surface area (Å²) in [7, 11) is -3.06. The average Bonchev–Trinajstić information content (AvgIpc) is 2.68. The van der Waals surface area contributed by atoms with Crippen LogP contribution in [-0.4, -0.2) is 26.6 Å². The van der Waals surface area contributed by atoms with Gasteiger partial charge in [0, 0.05) is 16.8 Å². The van der Waals surface area contributed by atoms with E-state index in [9.17, 15) is 22.2 Å². The van der Waals surface area contributed by atoms with Crippen molar-refractivity contribution in [2.45, 2.75) is 24.9 Å². The Labute approximate surface area is 182 Å².